The van der Waals surface area contributed by atoms with E-state index in [2.05, 4.69) is 25.4 Å². The van der Waals surface area contributed by atoms with Crippen molar-refractivity contribution in [1.29, 1.82) is 0 Å². The zero-order chi connectivity index (χ0) is 20.9. The number of carbonyl (C=O) groups excluding carboxylic acids is 2. The Morgan fingerprint density at radius 1 is 1.31 bits per heavy atom. The van der Waals surface area contributed by atoms with Crippen LogP contribution in [-0.2, 0) is 4.79 Å². The van der Waals surface area contributed by atoms with Crippen molar-refractivity contribution in [2.24, 2.45) is 5.92 Å². The quantitative estimate of drug-likeness (QED) is 0.309. The largest absolute Gasteiger partial charge is 0.396 e. The van der Waals surface area contributed by atoms with Crippen molar-refractivity contribution in [3.05, 3.63) is 24.3 Å². The van der Waals surface area contributed by atoms with Gasteiger partial charge in [0.2, 0.25) is 5.95 Å². The molecule has 6 N–H and O–H groups in total. The number of aromatic nitrogens is 6. The third-order valence-electron chi connectivity index (χ3n) is 4.95. The van der Waals surface area contributed by atoms with Crippen molar-refractivity contribution in [1.82, 2.24) is 34.6 Å². The Balaban J connectivity index is 1.83. The first kappa shape index (κ1) is 18.9. The minimum Gasteiger partial charge on any atom is -0.396 e. The van der Waals surface area contributed by atoms with Crippen molar-refractivity contribution in [2.45, 2.75) is 18.2 Å². The molecule has 13 heteroatoms. The molecule has 0 bridgehead atoms. The summed E-state index contributed by atoms with van der Waals surface area (Å²) in [4.78, 5) is 36.8. The van der Waals surface area contributed by atoms with E-state index >= 15 is 0 Å². The van der Waals surface area contributed by atoms with E-state index in [-0.39, 0.29) is 34.4 Å². The highest BCUT2D eigenvalue weighted by molar-refractivity contribution is 5.94. The zero-order valence-electron chi connectivity index (χ0n) is 15.2. The average Bonchev–Trinajstić information content (AvgIpc) is 3.39. The van der Waals surface area contributed by atoms with E-state index in [1.54, 1.807) is 0 Å². The molecule has 0 aliphatic heterocycles. The number of hydrogen-bond donors (Lipinski definition) is 5. The molecule has 0 aromatic carbocycles. The van der Waals surface area contributed by atoms with Gasteiger partial charge in [-0.1, -0.05) is 0 Å². The number of amides is 1. The normalized spacial score (nSPS) is 24.3. The van der Waals surface area contributed by atoms with Crippen molar-refractivity contribution in [3.8, 4) is 5.82 Å². The molecule has 4 atom stereocenters. The Morgan fingerprint density at radius 3 is 2.72 bits per heavy atom. The molecule has 0 unspecified atom stereocenters. The third kappa shape index (κ3) is 2.83. The minimum atomic E-state index is -1.46. The minimum absolute atomic E-state index is 0.132. The second kappa shape index (κ2) is 6.88. The third-order valence-corrected chi connectivity index (χ3v) is 4.95. The van der Waals surface area contributed by atoms with Crippen LogP contribution < -0.4 is 11.1 Å². The van der Waals surface area contributed by atoms with Gasteiger partial charge < -0.3 is 30.9 Å². The van der Waals surface area contributed by atoms with Crippen molar-refractivity contribution >= 4 is 28.8 Å². The van der Waals surface area contributed by atoms with Crippen LogP contribution >= 0.6 is 0 Å². The predicted octanol–water partition coefficient (Wildman–Crippen LogP) is -2.59. The number of nitrogens with zero attached hydrogens (tertiary/aromatic N) is 6. The van der Waals surface area contributed by atoms with Gasteiger partial charge in [0.1, 0.15) is 12.1 Å². The van der Waals surface area contributed by atoms with Crippen molar-refractivity contribution < 1.29 is 24.9 Å². The number of aliphatic hydroxyl groups is 3. The number of Topliss-reactive ketones (excluding diaryl/α,β-unsaturated/α-hetero) is 1. The molecule has 0 radical (unpaired) electrons. The number of imidazole rings is 1. The highest BCUT2D eigenvalue weighted by Gasteiger charge is 2.50. The molecule has 1 amide bonds. The fraction of sp³-hybridized carbons (Fsp3) is 0.375. The summed E-state index contributed by atoms with van der Waals surface area (Å²) in [6.07, 6.45) is 1.16. The zero-order valence-corrected chi connectivity index (χ0v) is 15.2. The van der Waals surface area contributed by atoms with Gasteiger partial charge in [-0.05, 0) is 0 Å². The molecule has 3 aromatic heterocycles. The van der Waals surface area contributed by atoms with Gasteiger partial charge in [-0.15, -0.1) is 0 Å². The van der Waals surface area contributed by atoms with Crippen LogP contribution in [0.1, 0.15) is 16.4 Å². The maximum atomic E-state index is 12.6. The Hall–Kier alpha value is -3.42. The number of rotatable bonds is 4. The van der Waals surface area contributed by atoms with Crippen molar-refractivity contribution in [2.75, 3.05) is 19.4 Å². The van der Waals surface area contributed by atoms with E-state index in [0.717, 1.165) is 0 Å². The molecule has 1 aliphatic carbocycles. The number of anilines is 1. The van der Waals surface area contributed by atoms with Gasteiger partial charge in [-0.3, -0.25) is 9.59 Å². The number of hydrogen-bond acceptors (Lipinski definition) is 10. The molecule has 1 saturated carbocycles. The van der Waals surface area contributed by atoms with Gasteiger partial charge >= 0.3 is 0 Å². The Labute approximate surface area is 162 Å². The van der Waals surface area contributed by atoms with Gasteiger partial charge in [0.25, 0.3) is 5.91 Å². The molecule has 13 nitrogen and oxygen atoms in total. The lowest BCUT2D eigenvalue weighted by Gasteiger charge is -2.16. The number of carbonyl (C=O) groups is 2. The number of nitrogens with one attached hydrogen (secondary N) is 1. The molecule has 152 valence electrons. The second-order valence-electron chi connectivity index (χ2n) is 6.60. The van der Waals surface area contributed by atoms with Crippen molar-refractivity contribution in [3.63, 3.8) is 0 Å². The van der Waals surface area contributed by atoms with Crippen LogP contribution in [0.5, 0.6) is 0 Å². The number of aliphatic hydroxyl groups excluding tert-OH is 3. The number of nitrogens with two attached hydrogens (primary N) is 1. The summed E-state index contributed by atoms with van der Waals surface area (Å²) in [7, 11) is 1.49. The summed E-state index contributed by atoms with van der Waals surface area (Å²) in [5.41, 5.74) is 6.44. The van der Waals surface area contributed by atoms with E-state index in [1.807, 2.05) is 0 Å². The fourth-order valence-electron chi connectivity index (χ4n) is 3.46. The number of ketones is 1. The van der Waals surface area contributed by atoms with Crippen LogP contribution in [0.3, 0.4) is 0 Å². The fourth-order valence-corrected chi connectivity index (χ4v) is 3.46. The smallest absolute Gasteiger partial charge is 0.254 e. The van der Waals surface area contributed by atoms with Gasteiger partial charge in [0.05, 0.1) is 36.7 Å². The van der Waals surface area contributed by atoms with Crippen LogP contribution in [-0.4, -0.2) is 82.2 Å². The van der Waals surface area contributed by atoms with E-state index in [1.165, 1.54) is 35.0 Å². The highest BCUT2D eigenvalue weighted by atomic mass is 16.3. The van der Waals surface area contributed by atoms with E-state index in [9.17, 15) is 24.9 Å². The summed E-state index contributed by atoms with van der Waals surface area (Å²) < 4.78 is 2.58. The molecular formula is C16H18N8O5. The first-order valence-electron chi connectivity index (χ1n) is 8.65. The first-order chi connectivity index (χ1) is 13.9. The van der Waals surface area contributed by atoms with Crippen LogP contribution in [0.2, 0.25) is 0 Å². The van der Waals surface area contributed by atoms with Gasteiger partial charge in [0.15, 0.2) is 22.8 Å². The Morgan fingerprint density at radius 2 is 2.07 bits per heavy atom. The van der Waals surface area contributed by atoms with Crippen LogP contribution in [0, 0.1) is 5.92 Å². The van der Waals surface area contributed by atoms with Gasteiger partial charge in [-0.2, -0.15) is 15.1 Å². The lowest BCUT2D eigenvalue weighted by Crippen LogP contribution is -2.30. The van der Waals surface area contributed by atoms with Crippen LogP contribution in [0.25, 0.3) is 17.0 Å². The predicted molar refractivity (Wildman–Crippen MR) is 96.9 cm³/mol. The lowest BCUT2D eigenvalue weighted by atomic mass is 10.1. The summed E-state index contributed by atoms with van der Waals surface area (Å²) in [6, 6.07) is -1.20. The lowest BCUT2D eigenvalue weighted by molar-refractivity contribution is -0.125. The summed E-state index contributed by atoms with van der Waals surface area (Å²) in [5.74, 6) is -1.99. The molecule has 0 saturated heterocycles. The SMILES string of the molecule is CNC(=O)c1cnn(-c2nc(N)nc3c2ncn3[C@H]2C(=O)[C@H](CO)[C@H](O)[C@@H]2O)c1. The Kier molecular flexibility index (Phi) is 4.49. The van der Waals surface area contributed by atoms with E-state index in [0.29, 0.717) is 0 Å². The van der Waals surface area contributed by atoms with E-state index < -0.39 is 36.6 Å². The molecule has 0 spiro atoms. The number of nitrogen functional groups attached to an aromatic ring is 1. The maximum Gasteiger partial charge on any atom is 0.254 e. The van der Waals surface area contributed by atoms with Crippen LogP contribution in [0.15, 0.2) is 18.7 Å². The molecule has 1 fully saturated rings. The summed E-state index contributed by atoms with van der Waals surface area (Å²) in [5, 5.41) is 36.3. The van der Waals surface area contributed by atoms with Gasteiger partial charge in [0, 0.05) is 13.2 Å². The Bertz CT molecular complexity index is 1110. The molecule has 3 aromatic rings. The summed E-state index contributed by atoms with van der Waals surface area (Å²) in [6.45, 7) is -0.599. The second-order valence-corrected chi connectivity index (χ2v) is 6.60. The molecule has 29 heavy (non-hydrogen) atoms. The monoisotopic (exact) mass is 402 g/mol. The standard InChI is InChI=1S/C16H18N8O5/c1-18-15(29)6-2-20-24(3-6)14-8-13(21-16(17)22-14)23(5-19-8)9-10(26)7(4-25)11(27)12(9)28/h2-3,5,7,9,11-12,25,27-28H,4H2,1H3,(H,18,29)(H2,17,21,22)/t7-,9-,11-,12+/m0/s1. The molecule has 3 heterocycles. The molecule has 1 aliphatic rings. The average molecular weight is 402 g/mol. The summed E-state index contributed by atoms with van der Waals surface area (Å²) >= 11 is 0. The molecule has 4 rings (SSSR count). The maximum absolute atomic E-state index is 12.6. The van der Waals surface area contributed by atoms with E-state index in [4.69, 9.17) is 5.73 Å². The number of fused-ring (bicyclic) bond motifs is 1. The first-order valence-corrected chi connectivity index (χ1v) is 8.65. The van der Waals surface area contributed by atoms with Crippen LogP contribution in [0.4, 0.5) is 5.95 Å². The molecular weight excluding hydrogens is 384 g/mol. The highest BCUT2D eigenvalue weighted by Crippen LogP contribution is 2.34. The topological polar surface area (TPSA) is 194 Å². The van der Waals surface area contributed by atoms with Gasteiger partial charge in [-0.25, -0.2) is 9.67 Å².